The fraction of sp³-hybridized carbons (Fsp3) is 0.238. The lowest BCUT2D eigenvalue weighted by Crippen LogP contribution is -2.38. The Labute approximate surface area is 185 Å². The van der Waals surface area contributed by atoms with E-state index < -0.39 is 11.6 Å². The van der Waals surface area contributed by atoms with Gasteiger partial charge in [-0.25, -0.2) is 18.8 Å². The molecule has 2 N–H and O–H groups in total. The molecule has 154 valence electrons. The van der Waals surface area contributed by atoms with Crippen LogP contribution in [0.5, 0.6) is 0 Å². The van der Waals surface area contributed by atoms with Gasteiger partial charge < -0.3 is 15.1 Å². The van der Waals surface area contributed by atoms with Crippen LogP contribution < -0.4 is 10.6 Å². The highest BCUT2D eigenvalue weighted by Gasteiger charge is 2.09. The molecule has 0 saturated carbocycles. The van der Waals surface area contributed by atoms with Crippen molar-refractivity contribution < 1.29 is 13.2 Å². The molecule has 0 radical (unpaired) electrons. The Hall–Kier alpha value is -2.49. The summed E-state index contributed by atoms with van der Waals surface area (Å²) in [5, 5.41) is 6.18. The second-order valence-corrected chi connectivity index (χ2v) is 6.08. The maximum absolute atomic E-state index is 13.7. The van der Waals surface area contributed by atoms with Crippen LogP contribution in [0.15, 0.2) is 64.2 Å². The van der Waals surface area contributed by atoms with E-state index in [1.165, 1.54) is 18.2 Å². The molecular weight excluding hydrogens is 489 g/mol. The number of halogens is 3. The van der Waals surface area contributed by atoms with Gasteiger partial charge in [0.25, 0.3) is 0 Å². The third-order valence-electron chi connectivity index (χ3n) is 4.05. The van der Waals surface area contributed by atoms with E-state index in [0.717, 1.165) is 5.56 Å². The number of hydrogen-bond donors (Lipinski definition) is 2. The summed E-state index contributed by atoms with van der Waals surface area (Å²) in [6.45, 7) is 3.27. The summed E-state index contributed by atoms with van der Waals surface area (Å²) < 4.78 is 32.9. The van der Waals surface area contributed by atoms with Crippen LogP contribution in [0.3, 0.4) is 0 Å². The van der Waals surface area contributed by atoms with Crippen LogP contribution in [0.1, 0.15) is 18.2 Å². The molecule has 2 aromatic carbocycles. The zero-order valence-electron chi connectivity index (χ0n) is 16.0. The summed E-state index contributed by atoms with van der Waals surface area (Å²) in [6, 6.07) is 13.5. The van der Waals surface area contributed by atoms with E-state index in [0.29, 0.717) is 37.2 Å². The predicted molar refractivity (Wildman–Crippen MR) is 120 cm³/mol. The molecular formula is C21H23F2IN4O. The fourth-order valence-corrected chi connectivity index (χ4v) is 2.67. The average molecular weight is 512 g/mol. The van der Waals surface area contributed by atoms with E-state index in [2.05, 4.69) is 20.6 Å². The minimum atomic E-state index is -0.542. The quantitative estimate of drug-likeness (QED) is 0.278. The Morgan fingerprint density at radius 2 is 1.76 bits per heavy atom. The third-order valence-corrected chi connectivity index (χ3v) is 4.05. The Morgan fingerprint density at radius 3 is 2.45 bits per heavy atom. The highest BCUT2D eigenvalue weighted by Crippen LogP contribution is 2.18. The maximum Gasteiger partial charge on any atom is 0.226 e. The number of guanidine groups is 1. The topological polar surface area (TPSA) is 62.5 Å². The van der Waals surface area contributed by atoms with Gasteiger partial charge in [0.15, 0.2) is 5.96 Å². The molecule has 0 spiro atoms. The second-order valence-electron chi connectivity index (χ2n) is 6.08. The molecule has 0 saturated heterocycles. The molecule has 0 fully saturated rings. The van der Waals surface area contributed by atoms with Crippen molar-refractivity contribution in [3.63, 3.8) is 0 Å². The van der Waals surface area contributed by atoms with Crippen molar-refractivity contribution in [3.05, 3.63) is 77.7 Å². The van der Waals surface area contributed by atoms with Crippen LogP contribution in [0.4, 0.5) is 8.78 Å². The Bertz CT molecular complexity index is 911. The van der Waals surface area contributed by atoms with Crippen molar-refractivity contribution in [2.75, 3.05) is 13.1 Å². The summed E-state index contributed by atoms with van der Waals surface area (Å²) in [6.07, 6.45) is 1.79. The number of nitrogens with one attached hydrogen (secondary N) is 2. The highest BCUT2D eigenvalue weighted by molar-refractivity contribution is 14.0. The van der Waals surface area contributed by atoms with E-state index in [1.54, 1.807) is 6.26 Å². The first-order valence-corrected chi connectivity index (χ1v) is 9.12. The molecule has 0 aliphatic heterocycles. The van der Waals surface area contributed by atoms with Crippen LogP contribution in [0.25, 0.3) is 11.5 Å². The van der Waals surface area contributed by atoms with Gasteiger partial charge in [0.2, 0.25) is 5.89 Å². The molecule has 5 nitrogen and oxygen atoms in total. The van der Waals surface area contributed by atoms with Crippen molar-refractivity contribution in [2.45, 2.75) is 19.9 Å². The SMILES string of the molecule is CCNC(=NCc1coc(-c2ccccc2)n1)NCCc1c(F)cccc1F.I. The molecule has 0 atom stereocenters. The largest absolute Gasteiger partial charge is 0.444 e. The summed E-state index contributed by atoms with van der Waals surface area (Å²) in [7, 11) is 0. The number of oxazole rings is 1. The lowest BCUT2D eigenvalue weighted by Gasteiger charge is -2.11. The molecule has 1 aromatic heterocycles. The Kier molecular flexibility index (Phi) is 9.04. The van der Waals surface area contributed by atoms with Crippen molar-refractivity contribution in [3.8, 4) is 11.5 Å². The van der Waals surface area contributed by atoms with Crippen LogP contribution in [0.2, 0.25) is 0 Å². The second kappa shape index (κ2) is 11.5. The molecule has 0 amide bonds. The zero-order chi connectivity index (χ0) is 19.8. The first-order valence-electron chi connectivity index (χ1n) is 9.12. The van der Waals surface area contributed by atoms with Crippen LogP contribution in [-0.2, 0) is 13.0 Å². The highest BCUT2D eigenvalue weighted by atomic mass is 127. The number of aromatic nitrogens is 1. The molecule has 29 heavy (non-hydrogen) atoms. The predicted octanol–water partition coefficient (Wildman–Crippen LogP) is 4.54. The van der Waals surface area contributed by atoms with Crippen molar-refractivity contribution in [1.29, 1.82) is 0 Å². The van der Waals surface area contributed by atoms with Gasteiger partial charge in [0.1, 0.15) is 23.6 Å². The first kappa shape index (κ1) is 22.8. The van der Waals surface area contributed by atoms with E-state index in [4.69, 9.17) is 4.42 Å². The van der Waals surface area contributed by atoms with Crippen molar-refractivity contribution in [2.24, 2.45) is 4.99 Å². The van der Waals surface area contributed by atoms with Gasteiger partial charge in [-0.05, 0) is 37.6 Å². The van der Waals surface area contributed by atoms with Crippen LogP contribution in [-0.4, -0.2) is 24.0 Å². The summed E-state index contributed by atoms with van der Waals surface area (Å²) in [5.41, 5.74) is 1.65. The van der Waals surface area contributed by atoms with Crippen LogP contribution in [0, 0.1) is 11.6 Å². The summed E-state index contributed by atoms with van der Waals surface area (Å²) >= 11 is 0. The lowest BCUT2D eigenvalue weighted by molar-refractivity contribution is 0.553. The standard InChI is InChI=1S/C21H22F2N4O.HI/c1-2-24-21(25-12-11-17-18(22)9-6-10-19(17)23)26-13-16-14-28-20(27-16)15-7-4-3-5-8-15;/h3-10,14H,2,11-13H2,1H3,(H2,24,25,26);1H. The Balaban J connectivity index is 0.00000300. The van der Waals surface area contributed by atoms with E-state index in [-0.39, 0.29) is 36.0 Å². The van der Waals surface area contributed by atoms with E-state index in [1.807, 2.05) is 37.3 Å². The van der Waals surface area contributed by atoms with Gasteiger partial charge in [0.05, 0.1) is 6.54 Å². The molecule has 3 rings (SSSR count). The molecule has 0 aliphatic carbocycles. The molecule has 1 heterocycles. The minimum Gasteiger partial charge on any atom is -0.444 e. The summed E-state index contributed by atoms with van der Waals surface area (Å²) in [4.78, 5) is 8.89. The molecule has 8 heteroatoms. The Morgan fingerprint density at radius 1 is 1.03 bits per heavy atom. The van der Waals surface area contributed by atoms with Crippen molar-refractivity contribution in [1.82, 2.24) is 15.6 Å². The monoisotopic (exact) mass is 512 g/mol. The molecule has 3 aromatic rings. The zero-order valence-corrected chi connectivity index (χ0v) is 18.3. The first-order chi connectivity index (χ1) is 13.7. The smallest absolute Gasteiger partial charge is 0.226 e. The number of hydrogen-bond acceptors (Lipinski definition) is 3. The number of aliphatic imine (C=N–C) groups is 1. The van der Waals surface area contributed by atoms with E-state index in [9.17, 15) is 8.78 Å². The molecule has 0 unspecified atom stereocenters. The molecule has 0 bridgehead atoms. The van der Waals surface area contributed by atoms with E-state index >= 15 is 0 Å². The van der Waals surface area contributed by atoms with Gasteiger partial charge >= 0.3 is 0 Å². The number of rotatable bonds is 7. The maximum atomic E-state index is 13.7. The van der Waals surface area contributed by atoms with Gasteiger partial charge in [-0.15, -0.1) is 24.0 Å². The summed E-state index contributed by atoms with van der Waals surface area (Å²) in [5.74, 6) is 0.00172. The lowest BCUT2D eigenvalue weighted by atomic mass is 10.1. The number of nitrogens with zero attached hydrogens (tertiary/aromatic N) is 2. The minimum absolute atomic E-state index is 0. The number of benzene rings is 2. The van der Waals surface area contributed by atoms with Crippen molar-refractivity contribution >= 4 is 29.9 Å². The molecule has 0 aliphatic rings. The van der Waals surface area contributed by atoms with Crippen LogP contribution >= 0.6 is 24.0 Å². The van der Waals surface area contributed by atoms with Gasteiger partial charge in [0, 0.05) is 24.2 Å². The van der Waals surface area contributed by atoms with Gasteiger partial charge in [-0.1, -0.05) is 24.3 Å². The van der Waals surface area contributed by atoms with Gasteiger partial charge in [-0.2, -0.15) is 0 Å². The van der Waals surface area contributed by atoms with Gasteiger partial charge in [-0.3, -0.25) is 0 Å². The fourth-order valence-electron chi connectivity index (χ4n) is 2.67. The normalized spacial score (nSPS) is 11.1. The average Bonchev–Trinajstić information content (AvgIpc) is 3.18. The third kappa shape index (κ3) is 6.52.